The Labute approximate surface area is 164 Å². The molecule has 0 saturated carbocycles. The summed E-state index contributed by atoms with van der Waals surface area (Å²) < 4.78 is 5.48. The van der Waals surface area contributed by atoms with Gasteiger partial charge in [-0.2, -0.15) is 0 Å². The first-order chi connectivity index (χ1) is 13.8. The van der Waals surface area contributed by atoms with Gasteiger partial charge in [-0.3, -0.25) is 0 Å². The molecule has 5 aromatic carbocycles. The first-order valence-electron chi connectivity index (χ1n) is 9.49. The van der Waals surface area contributed by atoms with Crippen LogP contribution in [0, 0.1) is 0 Å². The van der Waals surface area contributed by atoms with Crippen LogP contribution in [0.15, 0.2) is 103 Å². The Morgan fingerprint density at radius 2 is 1.21 bits per heavy atom. The average Bonchev–Trinajstić information content (AvgIpc) is 2.78. The van der Waals surface area contributed by atoms with E-state index in [1.165, 1.54) is 38.2 Å². The van der Waals surface area contributed by atoms with E-state index < -0.39 is 0 Å². The van der Waals surface area contributed by atoms with E-state index in [0.717, 1.165) is 11.3 Å². The zero-order valence-electron chi connectivity index (χ0n) is 15.7. The van der Waals surface area contributed by atoms with E-state index in [2.05, 4.69) is 97.1 Å². The molecule has 1 nitrogen and oxygen atoms in total. The van der Waals surface area contributed by atoms with Gasteiger partial charge >= 0.3 is 0 Å². The number of fused-ring (bicyclic) bond motifs is 2. The van der Waals surface area contributed by atoms with Gasteiger partial charge < -0.3 is 4.74 Å². The largest absolute Gasteiger partial charge is 0.497 e. The highest BCUT2D eigenvalue weighted by molar-refractivity contribution is 6.10. The molecule has 0 aliphatic rings. The summed E-state index contributed by atoms with van der Waals surface area (Å²) in [7, 11) is 1.71. The van der Waals surface area contributed by atoms with Crippen molar-refractivity contribution in [1.29, 1.82) is 0 Å². The molecule has 0 bridgehead atoms. The highest BCUT2D eigenvalue weighted by Gasteiger charge is 2.14. The smallest absolute Gasteiger partial charge is 0.119 e. The highest BCUT2D eigenvalue weighted by atomic mass is 16.5. The van der Waals surface area contributed by atoms with Crippen molar-refractivity contribution in [3.63, 3.8) is 0 Å². The molecule has 0 spiro atoms. The van der Waals surface area contributed by atoms with Crippen molar-refractivity contribution in [3.05, 3.63) is 103 Å². The Balaban J connectivity index is 1.90. The van der Waals surface area contributed by atoms with Crippen molar-refractivity contribution in [2.24, 2.45) is 0 Å². The van der Waals surface area contributed by atoms with Crippen molar-refractivity contribution < 1.29 is 4.74 Å². The molecule has 0 heterocycles. The third-order valence-corrected chi connectivity index (χ3v) is 5.37. The van der Waals surface area contributed by atoms with Crippen LogP contribution in [-0.2, 0) is 0 Å². The van der Waals surface area contributed by atoms with Crippen molar-refractivity contribution in [3.8, 4) is 28.0 Å². The Kier molecular flexibility index (Phi) is 4.06. The maximum atomic E-state index is 5.48. The van der Waals surface area contributed by atoms with Gasteiger partial charge in [0, 0.05) is 0 Å². The minimum Gasteiger partial charge on any atom is -0.497 e. The zero-order valence-corrected chi connectivity index (χ0v) is 15.7. The third kappa shape index (κ3) is 2.73. The fraction of sp³-hybridized carbons (Fsp3) is 0.0370. The quantitative estimate of drug-likeness (QED) is 0.327. The van der Waals surface area contributed by atoms with Crippen molar-refractivity contribution >= 4 is 21.5 Å². The second kappa shape index (κ2) is 6.86. The van der Waals surface area contributed by atoms with Crippen LogP contribution in [0.25, 0.3) is 43.8 Å². The lowest BCUT2D eigenvalue weighted by Crippen LogP contribution is -1.90. The summed E-state index contributed by atoms with van der Waals surface area (Å²) in [6, 6.07) is 36.5. The number of rotatable bonds is 3. The number of hydrogen-bond acceptors (Lipinski definition) is 1. The molecule has 0 aromatic heterocycles. The van der Waals surface area contributed by atoms with Crippen molar-refractivity contribution in [2.75, 3.05) is 7.11 Å². The molecule has 0 atom stereocenters. The van der Waals surface area contributed by atoms with Crippen LogP contribution < -0.4 is 4.74 Å². The first-order valence-corrected chi connectivity index (χ1v) is 9.49. The van der Waals surface area contributed by atoms with E-state index in [1.54, 1.807) is 7.11 Å². The summed E-state index contributed by atoms with van der Waals surface area (Å²) in [4.78, 5) is 0. The molecule has 0 radical (unpaired) electrons. The van der Waals surface area contributed by atoms with Gasteiger partial charge in [0.25, 0.3) is 0 Å². The van der Waals surface area contributed by atoms with E-state index in [-0.39, 0.29) is 0 Å². The fourth-order valence-corrected chi connectivity index (χ4v) is 4.04. The second-order valence-electron chi connectivity index (χ2n) is 6.97. The van der Waals surface area contributed by atoms with E-state index in [0.29, 0.717) is 0 Å². The predicted octanol–water partition coefficient (Wildman–Crippen LogP) is 7.34. The Hall–Kier alpha value is -3.58. The number of hydrogen-bond donors (Lipinski definition) is 0. The Morgan fingerprint density at radius 1 is 0.536 bits per heavy atom. The van der Waals surface area contributed by atoms with Gasteiger partial charge in [0.05, 0.1) is 7.11 Å². The lowest BCUT2D eigenvalue weighted by Gasteiger charge is -2.16. The van der Waals surface area contributed by atoms with Crippen molar-refractivity contribution in [1.82, 2.24) is 0 Å². The normalized spacial score (nSPS) is 11.0. The highest BCUT2D eigenvalue weighted by Crippen LogP contribution is 2.41. The van der Waals surface area contributed by atoms with Crippen LogP contribution >= 0.6 is 0 Å². The first kappa shape index (κ1) is 16.6. The standard InChI is InChI=1S/C27H20O/c1-28-22-12-6-11-21(18-22)25-17-16-20-9-3-5-14-24(20)27(25)26-15-7-10-19-8-2-4-13-23(19)26/h2-18H,1H3. The topological polar surface area (TPSA) is 9.23 Å². The van der Waals surface area contributed by atoms with E-state index >= 15 is 0 Å². The van der Waals surface area contributed by atoms with Gasteiger partial charge in [-0.15, -0.1) is 0 Å². The van der Waals surface area contributed by atoms with Crippen LogP contribution in [0.5, 0.6) is 5.75 Å². The summed E-state index contributed by atoms with van der Waals surface area (Å²) in [6.07, 6.45) is 0. The van der Waals surface area contributed by atoms with Crippen LogP contribution in [0.4, 0.5) is 0 Å². The Bertz CT molecular complexity index is 1290. The average molecular weight is 360 g/mol. The van der Waals surface area contributed by atoms with Crippen LogP contribution in [-0.4, -0.2) is 7.11 Å². The van der Waals surface area contributed by atoms with E-state index in [4.69, 9.17) is 4.74 Å². The number of methoxy groups -OCH3 is 1. The Morgan fingerprint density at radius 3 is 2.04 bits per heavy atom. The van der Waals surface area contributed by atoms with Crippen LogP contribution in [0.3, 0.4) is 0 Å². The molecule has 28 heavy (non-hydrogen) atoms. The molecule has 5 aromatic rings. The minimum atomic E-state index is 0.870. The van der Waals surface area contributed by atoms with Crippen LogP contribution in [0.1, 0.15) is 0 Å². The summed E-state index contributed by atoms with van der Waals surface area (Å²) in [6.45, 7) is 0. The molecule has 0 amide bonds. The lowest BCUT2D eigenvalue weighted by atomic mass is 9.87. The third-order valence-electron chi connectivity index (χ3n) is 5.37. The summed E-state index contributed by atoms with van der Waals surface area (Å²) in [5.41, 5.74) is 4.90. The van der Waals surface area contributed by atoms with Gasteiger partial charge in [0.1, 0.15) is 5.75 Å². The molecule has 1 heteroatoms. The zero-order chi connectivity index (χ0) is 18.9. The molecule has 0 aliphatic carbocycles. The molecule has 0 N–H and O–H groups in total. The van der Waals surface area contributed by atoms with Crippen molar-refractivity contribution in [2.45, 2.75) is 0 Å². The van der Waals surface area contributed by atoms with Gasteiger partial charge in [0.2, 0.25) is 0 Å². The minimum absolute atomic E-state index is 0.870. The summed E-state index contributed by atoms with van der Waals surface area (Å²) >= 11 is 0. The SMILES string of the molecule is COc1cccc(-c2ccc3ccccc3c2-c2cccc3ccccc23)c1. The molecule has 0 aliphatic heterocycles. The molecular formula is C27H20O. The van der Waals surface area contributed by atoms with Gasteiger partial charge in [-0.1, -0.05) is 91.0 Å². The van der Waals surface area contributed by atoms with Gasteiger partial charge in [-0.25, -0.2) is 0 Å². The number of benzene rings is 5. The molecular weight excluding hydrogens is 340 g/mol. The summed E-state index contributed by atoms with van der Waals surface area (Å²) in [5, 5.41) is 5.03. The lowest BCUT2D eigenvalue weighted by molar-refractivity contribution is 0.415. The molecule has 134 valence electrons. The molecule has 5 rings (SSSR count). The maximum absolute atomic E-state index is 5.48. The maximum Gasteiger partial charge on any atom is 0.119 e. The van der Waals surface area contributed by atoms with Gasteiger partial charge in [0.15, 0.2) is 0 Å². The second-order valence-corrected chi connectivity index (χ2v) is 6.97. The monoisotopic (exact) mass is 360 g/mol. The van der Waals surface area contributed by atoms with E-state index in [1.807, 2.05) is 6.07 Å². The van der Waals surface area contributed by atoms with E-state index in [9.17, 15) is 0 Å². The fourth-order valence-electron chi connectivity index (χ4n) is 4.04. The molecule has 0 fully saturated rings. The van der Waals surface area contributed by atoms with Gasteiger partial charge in [-0.05, 0) is 55.9 Å². The molecule has 0 unspecified atom stereocenters. The van der Waals surface area contributed by atoms with Crippen LogP contribution in [0.2, 0.25) is 0 Å². The molecule has 0 saturated heterocycles. The number of ether oxygens (including phenoxy) is 1. The predicted molar refractivity (Wildman–Crippen MR) is 119 cm³/mol. The summed E-state index contributed by atoms with van der Waals surface area (Å²) in [5.74, 6) is 0.870.